The van der Waals surface area contributed by atoms with Gasteiger partial charge in [0, 0.05) is 29.4 Å². The van der Waals surface area contributed by atoms with Gasteiger partial charge in [-0.1, -0.05) is 53.7 Å². The van der Waals surface area contributed by atoms with E-state index in [2.05, 4.69) is 15.5 Å². The number of hydrogen-bond acceptors (Lipinski definition) is 7. The molecule has 12 heteroatoms. The van der Waals surface area contributed by atoms with E-state index in [-0.39, 0.29) is 16.6 Å². The smallest absolute Gasteiger partial charge is 0.243 e. The number of morpholine rings is 1. The number of anilines is 1. The molecule has 0 bridgehead atoms. The van der Waals surface area contributed by atoms with Crippen LogP contribution in [0, 0.1) is 0 Å². The maximum atomic E-state index is 12.8. The number of amides is 1. The number of nitrogens with one attached hydrogen (secondary N) is 1. The van der Waals surface area contributed by atoms with Gasteiger partial charge in [0.05, 0.1) is 30.4 Å². The monoisotopic (exact) mass is 583 g/mol. The third-order valence-corrected chi connectivity index (χ3v) is 9.21. The summed E-state index contributed by atoms with van der Waals surface area (Å²) in [7, 11) is -3.60. The van der Waals surface area contributed by atoms with Gasteiger partial charge in [-0.25, -0.2) is 8.42 Å². The maximum absolute atomic E-state index is 12.8. The normalized spacial score (nSPS) is 14.3. The first-order valence-corrected chi connectivity index (χ1v) is 15.0. The Labute approximate surface area is 236 Å². The summed E-state index contributed by atoms with van der Waals surface area (Å²) in [6.45, 7) is 1.95. The van der Waals surface area contributed by atoms with E-state index in [0.29, 0.717) is 54.5 Å². The molecule has 1 aliphatic heterocycles. The molecule has 1 amide bonds. The number of ether oxygens (including phenoxy) is 1. The molecule has 0 saturated carbocycles. The lowest BCUT2D eigenvalue weighted by atomic mass is 10.2. The summed E-state index contributed by atoms with van der Waals surface area (Å²) in [5.74, 6) is 0.531. The van der Waals surface area contributed by atoms with Crippen LogP contribution in [0.1, 0.15) is 5.56 Å². The lowest BCUT2D eigenvalue weighted by Crippen LogP contribution is -2.40. The van der Waals surface area contributed by atoms with E-state index >= 15 is 0 Å². The fourth-order valence-electron chi connectivity index (χ4n) is 4.09. The van der Waals surface area contributed by atoms with Crippen molar-refractivity contribution in [2.75, 3.05) is 37.4 Å². The van der Waals surface area contributed by atoms with Gasteiger partial charge in [0.1, 0.15) is 0 Å². The second-order valence-electron chi connectivity index (χ2n) is 8.76. The molecule has 0 radical (unpaired) electrons. The highest BCUT2D eigenvalue weighted by atomic mass is 35.5. The third kappa shape index (κ3) is 6.68. The SMILES string of the molecule is O=C(CSc1nnc(-c2ccc(Cl)cc2)n1Cc1ccccc1)Nc1ccc(S(=O)(=O)N2CCOCC2)cc1. The molecule has 0 aliphatic carbocycles. The molecule has 1 fully saturated rings. The number of thioether (sulfide) groups is 1. The van der Waals surface area contributed by atoms with Gasteiger partial charge in [-0.2, -0.15) is 4.31 Å². The quantitative estimate of drug-likeness (QED) is 0.291. The summed E-state index contributed by atoms with van der Waals surface area (Å²) < 4.78 is 34.3. The van der Waals surface area contributed by atoms with Crippen LogP contribution in [0.4, 0.5) is 5.69 Å². The van der Waals surface area contributed by atoms with Crippen LogP contribution in [0.5, 0.6) is 0 Å². The number of carbonyl (C=O) groups excluding carboxylic acids is 1. The minimum absolute atomic E-state index is 0.0986. The Hall–Kier alpha value is -3.22. The number of aromatic nitrogens is 3. The van der Waals surface area contributed by atoms with Crippen LogP contribution < -0.4 is 5.32 Å². The highest BCUT2D eigenvalue weighted by molar-refractivity contribution is 7.99. The largest absolute Gasteiger partial charge is 0.379 e. The Balaban J connectivity index is 1.26. The van der Waals surface area contributed by atoms with E-state index in [1.54, 1.807) is 24.3 Å². The second kappa shape index (κ2) is 12.3. The second-order valence-corrected chi connectivity index (χ2v) is 12.1. The first-order valence-electron chi connectivity index (χ1n) is 12.2. The molecule has 1 saturated heterocycles. The van der Waals surface area contributed by atoms with Crippen molar-refractivity contribution in [1.82, 2.24) is 19.1 Å². The third-order valence-electron chi connectivity index (χ3n) is 6.08. The van der Waals surface area contributed by atoms with E-state index in [0.717, 1.165) is 11.1 Å². The molecule has 4 aromatic rings. The summed E-state index contributed by atoms with van der Waals surface area (Å²) in [4.78, 5) is 12.9. The Morgan fingerprint density at radius 2 is 1.64 bits per heavy atom. The zero-order chi connectivity index (χ0) is 27.2. The summed E-state index contributed by atoms with van der Waals surface area (Å²) in [5.41, 5.74) is 2.45. The number of halogens is 1. The van der Waals surface area contributed by atoms with Crippen molar-refractivity contribution < 1.29 is 17.9 Å². The number of benzene rings is 3. The van der Waals surface area contributed by atoms with E-state index in [1.165, 1.54) is 28.2 Å². The summed E-state index contributed by atoms with van der Waals surface area (Å²) in [6.07, 6.45) is 0. The first kappa shape index (κ1) is 27.4. The number of sulfonamides is 1. The van der Waals surface area contributed by atoms with E-state index in [9.17, 15) is 13.2 Å². The molecule has 1 N–H and O–H groups in total. The van der Waals surface area contributed by atoms with Gasteiger partial charge in [0.25, 0.3) is 0 Å². The molecule has 5 rings (SSSR count). The molecular weight excluding hydrogens is 558 g/mol. The van der Waals surface area contributed by atoms with Gasteiger partial charge in [-0.05, 0) is 54.1 Å². The van der Waals surface area contributed by atoms with Crippen LogP contribution in [0.15, 0.2) is 88.9 Å². The van der Waals surface area contributed by atoms with Crippen LogP contribution in [0.25, 0.3) is 11.4 Å². The molecule has 9 nitrogen and oxygen atoms in total. The maximum Gasteiger partial charge on any atom is 0.243 e. The molecule has 0 spiro atoms. The molecule has 39 heavy (non-hydrogen) atoms. The molecule has 1 aliphatic rings. The Morgan fingerprint density at radius 3 is 2.33 bits per heavy atom. The lowest BCUT2D eigenvalue weighted by molar-refractivity contribution is -0.113. The fraction of sp³-hybridized carbons (Fsp3) is 0.222. The fourth-order valence-corrected chi connectivity index (χ4v) is 6.36. The number of carbonyl (C=O) groups is 1. The van der Waals surface area contributed by atoms with Crippen molar-refractivity contribution in [3.63, 3.8) is 0 Å². The highest BCUT2D eigenvalue weighted by Crippen LogP contribution is 2.27. The van der Waals surface area contributed by atoms with Crippen molar-refractivity contribution in [3.05, 3.63) is 89.4 Å². The van der Waals surface area contributed by atoms with Gasteiger partial charge in [-0.15, -0.1) is 10.2 Å². The highest BCUT2D eigenvalue weighted by Gasteiger charge is 2.26. The van der Waals surface area contributed by atoms with E-state index in [1.807, 2.05) is 47.0 Å². The van der Waals surface area contributed by atoms with Crippen LogP contribution in [-0.2, 0) is 26.1 Å². The van der Waals surface area contributed by atoms with E-state index < -0.39 is 10.0 Å². The Morgan fingerprint density at radius 1 is 0.949 bits per heavy atom. The first-order chi connectivity index (χ1) is 18.9. The molecule has 1 aromatic heterocycles. The number of nitrogens with zero attached hydrogens (tertiary/aromatic N) is 4. The topological polar surface area (TPSA) is 106 Å². The van der Waals surface area contributed by atoms with Crippen molar-refractivity contribution in [2.24, 2.45) is 0 Å². The molecule has 0 atom stereocenters. The van der Waals surface area contributed by atoms with Crippen LogP contribution in [0.3, 0.4) is 0 Å². The predicted octanol–water partition coefficient (Wildman–Crippen LogP) is 4.40. The van der Waals surface area contributed by atoms with Crippen LogP contribution >= 0.6 is 23.4 Å². The van der Waals surface area contributed by atoms with Crippen LogP contribution in [-0.4, -0.2) is 65.5 Å². The minimum Gasteiger partial charge on any atom is -0.379 e. The summed E-state index contributed by atoms with van der Waals surface area (Å²) >= 11 is 7.34. The molecule has 2 heterocycles. The molecule has 3 aromatic carbocycles. The standard InChI is InChI=1S/C27H26ClN5O4S2/c28-22-8-6-21(7-9-22)26-30-31-27(33(26)18-20-4-2-1-3-5-20)38-19-25(34)29-23-10-12-24(13-11-23)39(35,36)32-14-16-37-17-15-32/h1-13H,14-19H2,(H,29,34). The summed E-state index contributed by atoms with van der Waals surface area (Å²) in [5, 5.41) is 12.8. The van der Waals surface area contributed by atoms with Gasteiger partial charge in [-0.3, -0.25) is 9.36 Å². The summed E-state index contributed by atoms with van der Waals surface area (Å²) in [6, 6.07) is 23.5. The Bertz CT molecular complexity index is 1520. The lowest BCUT2D eigenvalue weighted by Gasteiger charge is -2.26. The van der Waals surface area contributed by atoms with Crippen molar-refractivity contribution in [2.45, 2.75) is 16.6 Å². The van der Waals surface area contributed by atoms with Gasteiger partial charge in [0.15, 0.2) is 11.0 Å². The van der Waals surface area contributed by atoms with Gasteiger partial charge in [0.2, 0.25) is 15.9 Å². The van der Waals surface area contributed by atoms with Crippen LogP contribution in [0.2, 0.25) is 5.02 Å². The average molecular weight is 584 g/mol. The van der Waals surface area contributed by atoms with Crippen molar-refractivity contribution in [3.8, 4) is 11.4 Å². The van der Waals surface area contributed by atoms with E-state index in [4.69, 9.17) is 16.3 Å². The predicted molar refractivity (Wildman–Crippen MR) is 151 cm³/mol. The molecule has 202 valence electrons. The average Bonchev–Trinajstić information content (AvgIpc) is 3.35. The number of rotatable bonds is 9. The Kier molecular flexibility index (Phi) is 8.63. The minimum atomic E-state index is -3.60. The molecule has 0 unspecified atom stereocenters. The van der Waals surface area contributed by atoms with Crippen molar-refractivity contribution in [1.29, 1.82) is 0 Å². The number of hydrogen-bond donors (Lipinski definition) is 1. The zero-order valence-corrected chi connectivity index (χ0v) is 23.3. The van der Waals surface area contributed by atoms with Gasteiger partial charge >= 0.3 is 0 Å². The zero-order valence-electron chi connectivity index (χ0n) is 20.9. The molecular formula is C27H26ClN5O4S2. The van der Waals surface area contributed by atoms with Crippen molar-refractivity contribution >= 4 is 45.0 Å². The van der Waals surface area contributed by atoms with Gasteiger partial charge < -0.3 is 10.1 Å².